The maximum atomic E-state index is 13.1. The van der Waals surface area contributed by atoms with Crippen molar-refractivity contribution in [3.05, 3.63) is 69.8 Å². The van der Waals surface area contributed by atoms with E-state index < -0.39 is 0 Å². The number of carbonyl (C=O) groups is 2. The van der Waals surface area contributed by atoms with E-state index in [0.29, 0.717) is 47.8 Å². The van der Waals surface area contributed by atoms with E-state index in [1.165, 1.54) is 80.7 Å². The average molecular weight is 655 g/mol. The van der Waals surface area contributed by atoms with Crippen LogP contribution in [0.1, 0.15) is 90.5 Å². The molecule has 48 heavy (non-hydrogen) atoms. The van der Waals surface area contributed by atoms with Gasteiger partial charge in [-0.25, -0.2) is 4.68 Å². The molecule has 10 nitrogen and oxygen atoms in total. The SMILES string of the molecule is Cn1[nH]cc(C(=O)NC2C3CC4CC(C3)CC2C4)c1=O.Cn1ncc(C(=O)NC2C3CC4CC(C3)CC2C4)c1OCCc1ccccc1. The van der Waals surface area contributed by atoms with E-state index in [9.17, 15) is 14.4 Å². The van der Waals surface area contributed by atoms with Gasteiger partial charge in [0.15, 0.2) is 0 Å². The molecule has 8 saturated carbocycles. The summed E-state index contributed by atoms with van der Waals surface area (Å²) in [4.78, 5) is 37.2. The van der Waals surface area contributed by atoms with E-state index >= 15 is 0 Å². The van der Waals surface area contributed by atoms with Crippen molar-refractivity contribution in [1.29, 1.82) is 0 Å². The number of carbonyl (C=O) groups excluding carboxylic acids is 2. The quantitative estimate of drug-likeness (QED) is 0.320. The molecule has 0 atom stereocenters. The molecule has 2 amide bonds. The van der Waals surface area contributed by atoms with E-state index in [-0.39, 0.29) is 29.0 Å². The molecule has 2 aromatic heterocycles. The zero-order valence-corrected chi connectivity index (χ0v) is 28.3. The Kier molecular flexibility index (Phi) is 8.45. The van der Waals surface area contributed by atoms with Crippen molar-refractivity contribution in [2.75, 3.05) is 6.61 Å². The molecule has 11 rings (SSSR count). The van der Waals surface area contributed by atoms with Crippen molar-refractivity contribution >= 4 is 11.8 Å². The Balaban J connectivity index is 0.000000148. The molecule has 8 aliphatic carbocycles. The van der Waals surface area contributed by atoms with Gasteiger partial charge >= 0.3 is 0 Å². The highest BCUT2D eigenvalue weighted by atomic mass is 16.5. The highest BCUT2D eigenvalue weighted by Crippen LogP contribution is 2.54. The first kappa shape index (κ1) is 31.4. The van der Waals surface area contributed by atoms with Gasteiger partial charge in [-0.2, -0.15) is 5.10 Å². The summed E-state index contributed by atoms with van der Waals surface area (Å²) in [5.41, 5.74) is 1.78. The highest BCUT2D eigenvalue weighted by molar-refractivity contribution is 5.96. The summed E-state index contributed by atoms with van der Waals surface area (Å²) in [6, 6.07) is 10.9. The minimum Gasteiger partial charge on any atom is -0.477 e. The summed E-state index contributed by atoms with van der Waals surface area (Å²) in [5, 5.41) is 13.6. The van der Waals surface area contributed by atoms with Crippen molar-refractivity contribution in [3.8, 4) is 5.88 Å². The third-order valence-corrected chi connectivity index (χ3v) is 12.8. The van der Waals surface area contributed by atoms with Gasteiger partial charge in [0.05, 0.1) is 12.8 Å². The van der Waals surface area contributed by atoms with Crippen LogP contribution in [0.5, 0.6) is 5.88 Å². The molecule has 10 heteroatoms. The molecular weight excluding hydrogens is 604 g/mol. The topological polar surface area (TPSA) is 123 Å². The summed E-state index contributed by atoms with van der Waals surface area (Å²) in [6.45, 7) is 0.530. The lowest BCUT2D eigenvalue weighted by Crippen LogP contribution is -2.56. The molecule has 8 bridgehead atoms. The number of aromatic amines is 1. The molecule has 2 heterocycles. The number of rotatable bonds is 8. The van der Waals surface area contributed by atoms with Crippen LogP contribution < -0.4 is 20.9 Å². The van der Waals surface area contributed by atoms with Gasteiger partial charge in [-0.1, -0.05) is 30.3 Å². The number of benzene rings is 1. The predicted octanol–water partition coefficient (Wildman–Crippen LogP) is 4.86. The number of aromatic nitrogens is 4. The first-order valence-corrected chi connectivity index (χ1v) is 18.3. The number of aryl methyl sites for hydroxylation is 2. The number of nitrogens with one attached hydrogen (secondary N) is 3. The minimum atomic E-state index is -0.244. The number of hydrogen-bond donors (Lipinski definition) is 3. The Morgan fingerprint density at radius 2 is 1.27 bits per heavy atom. The first-order valence-electron chi connectivity index (χ1n) is 18.3. The van der Waals surface area contributed by atoms with E-state index in [1.807, 2.05) is 25.2 Å². The lowest BCUT2D eigenvalue weighted by molar-refractivity contribution is -0.0120. The van der Waals surface area contributed by atoms with Crippen molar-refractivity contribution in [1.82, 2.24) is 30.2 Å². The summed E-state index contributed by atoms with van der Waals surface area (Å²) in [5.74, 6) is 6.55. The average Bonchev–Trinajstić information content (AvgIpc) is 3.61. The predicted molar refractivity (Wildman–Crippen MR) is 181 cm³/mol. The largest absolute Gasteiger partial charge is 0.477 e. The lowest BCUT2D eigenvalue weighted by atomic mass is 9.54. The van der Waals surface area contributed by atoms with Crippen molar-refractivity contribution < 1.29 is 14.3 Å². The second kappa shape index (κ2) is 12.9. The van der Waals surface area contributed by atoms with Gasteiger partial charge in [-0.3, -0.25) is 19.1 Å². The summed E-state index contributed by atoms with van der Waals surface area (Å²) < 4.78 is 8.98. The maximum absolute atomic E-state index is 13.1. The summed E-state index contributed by atoms with van der Waals surface area (Å²) in [6.07, 6.45) is 17.0. The van der Waals surface area contributed by atoms with Crippen molar-refractivity contribution in [3.63, 3.8) is 0 Å². The van der Waals surface area contributed by atoms with Crippen LogP contribution in [0.4, 0.5) is 0 Å². The second-order valence-electron chi connectivity index (χ2n) is 16.0. The van der Waals surface area contributed by atoms with E-state index in [1.54, 1.807) is 17.9 Å². The monoisotopic (exact) mass is 654 g/mol. The Hall–Kier alpha value is -3.82. The van der Waals surface area contributed by atoms with Gasteiger partial charge in [0.1, 0.15) is 11.1 Å². The fourth-order valence-electron chi connectivity index (χ4n) is 11.1. The first-order chi connectivity index (χ1) is 23.3. The number of hydrogen-bond acceptors (Lipinski definition) is 5. The minimum absolute atomic E-state index is 0.0275. The maximum Gasteiger partial charge on any atom is 0.279 e. The molecule has 8 fully saturated rings. The molecule has 0 saturated heterocycles. The molecule has 0 radical (unpaired) electrons. The summed E-state index contributed by atoms with van der Waals surface area (Å²) in [7, 11) is 3.46. The second-order valence-corrected chi connectivity index (χ2v) is 16.0. The third kappa shape index (κ3) is 6.11. The van der Waals surface area contributed by atoms with Crippen LogP contribution in [0, 0.1) is 47.3 Å². The van der Waals surface area contributed by atoms with Crippen LogP contribution in [0.3, 0.4) is 0 Å². The molecule has 8 aliphatic rings. The van der Waals surface area contributed by atoms with E-state index in [0.717, 1.165) is 30.1 Å². The van der Waals surface area contributed by atoms with Gasteiger partial charge in [0.25, 0.3) is 17.4 Å². The number of amides is 2. The fourth-order valence-corrected chi connectivity index (χ4v) is 11.1. The van der Waals surface area contributed by atoms with E-state index in [4.69, 9.17) is 4.74 Å². The molecule has 1 aromatic carbocycles. The van der Waals surface area contributed by atoms with Gasteiger partial charge in [-0.15, -0.1) is 0 Å². The Bertz CT molecular complexity index is 1630. The van der Waals surface area contributed by atoms with Crippen molar-refractivity contribution in [2.24, 2.45) is 61.4 Å². The van der Waals surface area contributed by atoms with Crippen molar-refractivity contribution in [2.45, 2.75) is 82.7 Å². The molecular formula is C38H50N6O4. The molecule has 3 aromatic rings. The van der Waals surface area contributed by atoms with Crippen LogP contribution in [0.25, 0.3) is 0 Å². The van der Waals surface area contributed by atoms with E-state index in [2.05, 4.69) is 33.0 Å². The zero-order valence-electron chi connectivity index (χ0n) is 28.3. The number of ether oxygens (including phenoxy) is 1. The van der Waals surface area contributed by atoms with Crippen LogP contribution in [-0.4, -0.2) is 50.1 Å². The summed E-state index contributed by atoms with van der Waals surface area (Å²) >= 11 is 0. The lowest BCUT2D eigenvalue weighted by Gasteiger charge is -2.54. The van der Waals surface area contributed by atoms with Gasteiger partial charge in [0.2, 0.25) is 5.88 Å². The third-order valence-electron chi connectivity index (χ3n) is 12.8. The zero-order chi connectivity index (χ0) is 32.9. The normalized spacial score (nSPS) is 33.6. The number of H-pyrrole nitrogens is 1. The smallest absolute Gasteiger partial charge is 0.279 e. The highest BCUT2D eigenvalue weighted by Gasteiger charge is 2.50. The molecule has 256 valence electrons. The molecule has 0 unspecified atom stereocenters. The van der Waals surface area contributed by atoms with Gasteiger partial charge < -0.3 is 20.5 Å². The van der Waals surface area contributed by atoms with Crippen LogP contribution in [0.15, 0.2) is 47.5 Å². The van der Waals surface area contributed by atoms with Crippen LogP contribution in [-0.2, 0) is 20.5 Å². The molecule has 3 N–H and O–H groups in total. The van der Waals surface area contributed by atoms with Gasteiger partial charge in [-0.05, 0) is 117 Å². The van der Waals surface area contributed by atoms with Crippen LogP contribution in [0.2, 0.25) is 0 Å². The molecule has 0 aliphatic heterocycles. The fraction of sp³-hybridized carbons (Fsp3) is 0.632. The molecule has 0 spiro atoms. The Labute approximate surface area is 282 Å². The van der Waals surface area contributed by atoms with Gasteiger partial charge in [0, 0.05) is 38.8 Å². The Morgan fingerprint density at radius 1 is 0.771 bits per heavy atom. The number of nitrogens with zero attached hydrogens (tertiary/aromatic N) is 3. The van der Waals surface area contributed by atoms with Crippen LogP contribution >= 0.6 is 0 Å². The standard InChI is InChI=1S/C23H29N3O2.C15H21N3O2/c1-26-23(28-8-7-15-5-3-2-4-6-15)20(14-24-26)22(27)25-21-18-10-16-9-17(12-18)13-19(21)11-16;1-18-15(20)12(7-16-18)14(19)17-13-10-3-8-2-9(5-10)6-11(13)4-8/h2-6,14,16-19,21H,7-13H2,1H3,(H,25,27);7-11,13,16H,2-6H2,1H3,(H,17,19). The Morgan fingerprint density at radius 3 is 1.75 bits per heavy atom.